The summed E-state index contributed by atoms with van der Waals surface area (Å²) in [6, 6.07) is 16.4. The van der Waals surface area contributed by atoms with Crippen molar-refractivity contribution >= 4 is 5.69 Å². The smallest absolute Gasteiger partial charge is 0.118 e. The van der Waals surface area contributed by atoms with Gasteiger partial charge in [0.05, 0.1) is 7.11 Å². The molecule has 2 aromatic carbocycles. The molecule has 0 saturated carbocycles. The van der Waals surface area contributed by atoms with Crippen LogP contribution >= 0.6 is 0 Å². The van der Waals surface area contributed by atoms with Gasteiger partial charge in [-0.05, 0) is 35.4 Å². The normalized spacial score (nSPS) is 9.88. The average Bonchev–Trinajstić information content (AvgIpc) is 2.39. The number of rotatable bonds is 3. The maximum atomic E-state index is 5.13. The lowest BCUT2D eigenvalue weighted by Crippen LogP contribution is -1.87. The topological polar surface area (TPSA) is 21.3 Å². The van der Waals surface area contributed by atoms with E-state index in [2.05, 4.69) is 41.7 Å². The van der Waals surface area contributed by atoms with Crippen molar-refractivity contribution in [3.63, 3.8) is 0 Å². The Morgan fingerprint density at radius 2 is 1.31 bits per heavy atom. The van der Waals surface area contributed by atoms with Gasteiger partial charge in [-0.1, -0.05) is 24.3 Å². The summed E-state index contributed by atoms with van der Waals surface area (Å²) in [6.07, 6.45) is 0. The molecule has 0 aliphatic carbocycles. The van der Waals surface area contributed by atoms with Crippen molar-refractivity contribution in [2.24, 2.45) is 0 Å². The molecule has 0 bridgehead atoms. The Labute approximate surface area is 95.9 Å². The lowest BCUT2D eigenvalue weighted by molar-refractivity contribution is 0.415. The molecule has 0 fully saturated rings. The number of anilines is 1. The van der Waals surface area contributed by atoms with E-state index < -0.39 is 0 Å². The van der Waals surface area contributed by atoms with Crippen molar-refractivity contribution in [3.05, 3.63) is 48.5 Å². The first-order chi connectivity index (χ1) is 7.83. The van der Waals surface area contributed by atoms with Gasteiger partial charge in [0.25, 0.3) is 0 Å². The second-order valence-corrected chi connectivity index (χ2v) is 3.56. The molecule has 0 unspecified atom stereocenters. The number of hydrogen-bond donors (Lipinski definition) is 1. The Balaban J connectivity index is 2.28. The highest BCUT2D eigenvalue weighted by atomic mass is 16.5. The fourth-order valence-electron chi connectivity index (χ4n) is 1.61. The largest absolute Gasteiger partial charge is 0.497 e. The highest BCUT2D eigenvalue weighted by molar-refractivity contribution is 5.66. The fraction of sp³-hybridized carbons (Fsp3) is 0.143. The molecule has 0 aliphatic rings. The Kier molecular flexibility index (Phi) is 3.10. The summed E-state index contributed by atoms with van der Waals surface area (Å²) in [7, 11) is 3.60. The first-order valence-electron chi connectivity index (χ1n) is 5.26. The first-order valence-corrected chi connectivity index (χ1v) is 5.26. The molecule has 0 aliphatic heterocycles. The van der Waals surface area contributed by atoms with Gasteiger partial charge in [0, 0.05) is 12.7 Å². The minimum Gasteiger partial charge on any atom is -0.497 e. The molecule has 1 N–H and O–H groups in total. The van der Waals surface area contributed by atoms with Crippen LogP contribution in [0.1, 0.15) is 0 Å². The number of ether oxygens (including phenoxy) is 1. The van der Waals surface area contributed by atoms with Crippen molar-refractivity contribution < 1.29 is 4.74 Å². The van der Waals surface area contributed by atoms with Gasteiger partial charge in [-0.15, -0.1) is 0 Å². The molecule has 0 heterocycles. The minimum absolute atomic E-state index is 0.885. The van der Waals surface area contributed by atoms with Gasteiger partial charge < -0.3 is 10.1 Å². The lowest BCUT2D eigenvalue weighted by Gasteiger charge is -2.05. The molecule has 82 valence electrons. The van der Waals surface area contributed by atoms with E-state index in [1.807, 2.05) is 19.2 Å². The van der Waals surface area contributed by atoms with E-state index in [9.17, 15) is 0 Å². The second kappa shape index (κ2) is 4.71. The minimum atomic E-state index is 0.885. The van der Waals surface area contributed by atoms with E-state index in [0.29, 0.717) is 0 Å². The average molecular weight is 213 g/mol. The molecular weight excluding hydrogens is 198 g/mol. The zero-order valence-electron chi connectivity index (χ0n) is 9.53. The van der Waals surface area contributed by atoms with E-state index in [-0.39, 0.29) is 0 Å². The van der Waals surface area contributed by atoms with Crippen LogP contribution in [-0.4, -0.2) is 14.2 Å². The van der Waals surface area contributed by atoms with Crippen LogP contribution in [-0.2, 0) is 0 Å². The van der Waals surface area contributed by atoms with Crippen molar-refractivity contribution in [2.45, 2.75) is 0 Å². The van der Waals surface area contributed by atoms with E-state index in [4.69, 9.17) is 4.74 Å². The molecule has 0 amide bonds. The third-order valence-corrected chi connectivity index (χ3v) is 2.60. The molecule has 0 aromatic heterocycles. The van der Waals surface area contributed by atoms with Crippen LogP contribution in [0.25, 0.3) is 11.1 Å². The summed E-state index contributed by atoms with van der Waals surface area (Å²) in [5.74, 6) is 0.885. The lowest BCUT2D eigenvalue weighted by atomic mass is 10.1. The Morgan fingerprint density at radius 3 is 1.75 bits per heavy atom. The highest BCUT2D eigenvalue weighted by Crippen LogP contribution is 2.23. The van der Waals surface area contributed by atoms with Gasteiger partial charge in [0.15, 0.2) is 0 Å². The Bertz CT molecular complexity index is 400. The summed E-state index contributed by atoms with van der Waals surface area (Å²) in [6.45, 7) is 0. The molecular formula is C14H15NO. The van der Waals surface area contributed by atoms with Gasteiger partial charge in [-0.2, -0.15) is 0 Å². The fourth-order valence-corrected chi connectivity index (χ4v) is 1.61. The zero-order valence-corrected chi connectivity index (χ0v) is 9.53. The van der Waals surface area contributed by atoms with E-state index in [0.717, 1.165) is 11.4 Å². The van der Waals surface area contributed by atoms with Crippen molar-refractivity contribution in [1.82, 2.24) is 0 Å². The Morgan fingerprint density at radius 1 is 0.812 bits per heavy atom. The van der Waals surface area contributed by atoms with Crippen LogP contribution in [0, 0.1) is 0 Å². The summed E-state index contributed by atoms with van der Waals surface area (Å²) in [5, 5.41) is 3.10. The standard InChI is InChI=1S/C14H15NO/c1-15-13-7-3-11(4-8-13)12-5-9-14(16-2)10-6-12/h3-10,15H,1-2H3. The van der Waals surface area contributed by atoms with Gasteiger partial charge in [0.2, 0.25) is 0 Å². The maximum absolute atomic E-state index is 5.13. The van der Waals surface area contributed by atoms with Crippen LogP contribution in [0.4, 0.5) is 5.69 Å². The van der Waals surface area contributed by atoms with Crippen LogP contribution in [0.15, 0.2) is 48.5 Å². The predicted molar refractivity (Wildman–Crippen MR) is 68.0 cm³/mol. The van der Waals surface area contributed by atoms with Gasteiger partial charge >= 0.3 is 0 Å². The third kappa shape index (κ3) is 2.16. The quantitative estimate of drug-likeness (QED) is 0.843. The molecule has 0 saturated heterocycles. The van der Waals surface area contributed by atoms with Crippen molar-refractivity contribution in [1.29, 1.82) is 0 Å². The second-order valence-electron chi connectivity index (χ2n) is 3.56. The van der Waals surface area contributed by atoms with E-state index >= 15 is 0 Å². The van der Waals surface area contributed by atoms with Gasteiger partial charge in [-0.25, -0.2) is 0 Å². The molecule has 2 heteroatoms. The molecule has 2 aromatic rings. The summed E-state index contributed by atoms with van der Waals surface area (Å²) in [5.41, 5.74) is 3.53. The molecule has 0 radical (unpaired) electrons. The SMILES string of the molecule is CNc1ccc(-c2ccc(OC)cc2)cc1. The first kappa shape index (κ1) is 10.6. The third-order valence-electron chi connectivity index (χ3n) is 2.60. The summed E-state index contributed by atoms with van der Waals surface area (Å²) >= 11 is 0. The molecule has 16 heavy (non-hydrogen) atoms. The van der Waals surface area contributed by atoms with Gasteiger partial charge in [0.1, 0.15) is 5.75 Å². The number of methoxy groups -OCH3 is 1. The van der Waals surface area contributed by atoms with Crippen molar-refractivity contribution in [2.75, 3.05) is 19.5 Å². The number of hydrogen-bond acceptors (Lipinski definition) is 2. The van der Waals surface area contributed by atoms with Crippen LogP contribution in [0.3, 0.4) is 0 Å². The molecule has 2 rings (SSSR count). The van der Waals surface area contributed by atoms with Crippen LogP contribution < -0.4 is 10.1 Å². The maximum Gasteiger partial charge on any atom is 0.118 e. The number of benzene rings is 2. The zero-order chi connectivity index (χ0) is 11.4. The highest BCUT2D eigenvalue weighted by Gasteiger charge is 1.97. The van der Waals surface area contributed by atoms with Crippen molar-refractivity contribution in [3.8, 4) is 16.9 Å². The molecule has 0 spiro atoms. The summed E-state index contributed by atoms with van der Waals surface area (Å²) < 4.78 is 5.13. The summed E-state index contributed by atoms with van der Waals surface area (Å²) in [4.78, 5) is 0. The van der Waals surface area contributed by atoms with Crippen LogP contribution in [0.5, 0.6) is 5.75 Å². The predicted octanol–water partition coefficient (Wildman–Crippen LogP) is 3.40. The molecule has 2 nitrogen and oxygen atoms in total. The monoisotopic (exact) mass is 213 g/mol. The number of nitrogens with one attached hydrogen (secondary N) is 1. The Hall–Kier alpha value is -1.96. The van der Waals surface area contributed by atoms with E-state index in [1.54, 1.807) is 7.11 Å². The molecule has 0 atom stereocenters. The van der Waals surface area contributed by atoms with Crippen LogP contribution in [0.2, 0.25) is 0 Å². The van der Waals surface area contributed by atoms with E-state index in [1.165, 1.54) is 11.1 Å². The van der Waals surface area contributed by atoms with Gasteiger partial charge in [-0.3, -0.25) is 0 Å².